The first-order valence-electron chi connectivity index (χ1n) is 8.05. The van der Waals surface area contributed by atoms with E-state index in [1.165, 1.54) is 4.31 Å². The van der Waals surface area contributed by atoms with E-state index in [1.807, 2.05) is 6.92 Å². The van der Waals surface area contributed by atoms with Crippen molar-refractivity contribution in [3.05, 3.63) is 0 Å². The highest BCUT2D eigenvalue weighted by atomic mass is 32.2. The van der Waals surface area contributed by atoms with E-state index in [2.05, 4.69) is 10.6 Å². The Morgan fingerprint density at radius 1 is 1.29 bits per heavy atom. The number of amides is 1. The Morgan fingerprint density at radius 2 is 2.10 bits per heavy atom. The predicted octanol–water partition coefficient (Wildman–Crippen LogP) is 0.449. The molecule has 0 bridgehead atoms. The van der Waals surface area contributed by atoms with Crippen LogP contribution in [0.2, 0.25) is 0 Å². The van der Waals surface area contributed by atoms with Crippen LogP contribution in [0, 0.1) is 0 Å². The van der Waals surface area contributed by atoms with Crippen molar-refractivity contribution >= 4 is 15.9 Å². The molecule has 0 saturated carbocycles. The Morgan fingerprint density at radius 3 is 2.76 bits per heavy atom. The standard InChI is InChI=1S/C14H27N3O3S/c1-2-10-21(19,20)17-9-4-3-7-13(17)14(18)16-11-12-6-5-8-15-12/h12-13,15H,2-11H2,1H3,(H,16,18). The molecule has 122 valence electrons. The summed E-state index contributed by atoms with van der Waals surface area (Å²) < 4.78 is 26.0. The minimum absolute atomic E-state index is 0.126. The number of nitrogens with zero attached hydrogens (tertiary/aromatic N) is 1. The molecule has 0 aromatic rings. The molecule has 1 amide bonds. The molecule has 2 N–H and O–H groups in total. The fourth-order valence-electron chi connectivity index (χ4n) is 3.15. The van der Waals surface area contributed by atoms with E-state index in [0.29, 0.717) is 32.0 Å². The Labute approximate surface area is 127 Å². The summed E-state index contributed by atoms with van der Waals surface area (Å²) in [6.45, 7) is 3.92. The van der Waals surface area contributed by atoms with Gasteiger partial charge in [-0.15, -0.1) is 0 Å². The molecular formula is C14H27N3O3S. The van der Waals surface area contributed by atoms with Crippen molar-refractivity contribution in [2.75, 3.05) is 25.4 Å². The van der Waals surface area contributed by atoms with Crippen molar-refractivity contribution in [2.24, 2.45) is 0 Å². The summed E-state index contributed by atoms with van der Waals surface area (Å²) in [5.74, 6) is -0.0101. The lowest BCUT2D eigenvalue weighted by Gasteiger charge is -2.33. The minimum Gasteiger partial charge on any atom is -0.353 e. The van der Waals surface area contributed by atoms with Crippen molar-refractivity contribution < 1.29 is 13.2 Å². The Kier molecular flexibility index (Phi) is 6.01. The van der Waals surface area contributed by atoms with Gasteiger partial charge in [-0.3, -0.25) is 4.79 Å². The van der Waals surface area contributed by atoms with Gasteiger partial charge in [-0.1, -0.05) is 13.3 Å². The van der Waals surface area contributed by atoms with E-state index < -0.39 is 16.1 Å². The zero-order valence-corrected chi connectivity index (χ0v) is 13.6. The van der Waals surface area contributed by atoms with Gasteiger partial charge in [-0.05, 0) is 38.6 Å². The van der Waals surface area contributed by atoms with E-state index in [4.69, 9.17) is 0 Å². The van der Waals surface area contributed by atoms with Gasteiger partial charge in [0.2, 0.25) is 15.9 Å². The lowest BCUT2D eigenvalue weighted by atomic mass is 10.0. The Hall–Kier alpha value is -0.660. The van der Waals surface area contributed by atoms with Gasteiger partial charge in [0.05, 0.1) is 5.75 Å². The van der Waals surface area contributed by atoms with Crippen LogP contribution in [0.4, 0.5) is 0 Å². The Balaban J connectivity index is 1.95. The second-order valence-electron chi connectivity index (χ2n) is 5.98. The molecular weight excluding hydrogens is 290 g/mol. The zero-order chi connectivity index (χ0) is 15.3. The number of hydrogen-bond donors (Lipinski definition) is 2. The van der Waals surface area contributed by atoms with Crippen LogP contribution < -0.4 is 10.6 Å². The fourth-order valence-corrected chi connectivity index (χ4v) is 4.89. The number of carbonyl (C=O) groups excluding carboxylic acids is 1. The summed E-state index contributed by atoms with van der Waals surface area (Å²) in [7, 11) is -3.31. The SMILES string of the molecule is CCCS(=O)(=O)N1CCCCC1C(=O)NCC1CCCN1. The van der Waals surface area contributed by atoms with Crippen LogP contribution in [0.3, 0.4) is 0 Å². The van der Waals surface area contributed by atoms with Crippen molar-refractivity contribution in [1.29, 1.82) is 0 Å². The van der Waals surface area contributed by atoms with Gasteiger partial charge in [-0.2, -0.15) is 4.31 Å². The second-order valence-corrected chi connectivity index (χ2v) is 8.02. The smallest absolute Gasteiger partial charge is 0.238 e. The molecule has 0 spiro atoms. The number of piperidine rings is 1. The van der Waals surface area contributed by atoms with Crippen molar-refractivity contribution in [3.63, 3.8) is 0 Å². The third-order valence-electron chi connectivity index (χ3n) is 4.26. The molecule has 2 aliphatic heterocycles. The third-order valence-corrected chi connectivity index (χ3v) is 6.34. The molecule has 0 radical (unpaired) electrons. The average molecular weight is 317 g/mol. The molecule has 2 unspecified atom stereocenters. The molecule has 6 nitrogen and oxygen atoms in total. The van der Waals surface area contributed by atoms with Crippen LogP contribution in [0.15, 0.2) is 0 Å². The first-order chi connectivity index (χ1) is 10.0. The quantitative estimate of drug-likeness (QED) is 0.745. The van der Waals surface area contributed by atoms with Crippen LogP contribution in [-0.2, 0) is 14.8 Å². The van der Waals surface area contributed by atoms with E-state index in [1.54, 1.807) is 0 Å². The molecule has 0 aliphatic carbocycles. The highest BCUT2D eigenvalue weighted by molar-refractivity contribution is 7.89. The number of nitrogens with one attached hydrogen (secondary N) is 2. The maximum atomic E-state index is 12.4. The molecule has 21 heavy (non-hydrogen) atoms. The first-order valence-corrected chi connectivity index (χ1v) is 9.66. The van der Waals surface area contributed by atoms with Gasteiger partial charge in [-0.25, -0.2) is 8.42 Å². The summed E-state index contributed by atoms with van der Waals surface area (Å²) in [5.41, 5.74) is 0. The second kappa shape index (κ2) is 7.56. The molecule has 2 heterocycles. The molecule has 7 heteroatoms. The van der Waals surface area contributed by atoms with Crippen molar-refractivity contribution in [1.82, 2.24) is 14.9 Å². The van der Waals surface area contributed by atoms with Crippen molar-refractivity contribution in [2.45, 2.75) is 57.5 Å². The van der Waals surface area contributed by atoms with Crippen LogP contribution in [0.1, 0.15) is 45.4 Å². The number of sulfonamides is 1. The molecule has 2 saturated heterocycles. The number of hydrogen-bond acceptors (Lipinski definition) is 4. The van der Waals surface area contributed by atoms with Crippen LogP contribution in [-0.4, -0.2) is 56.1 Å². The molecule has 2 fully saturated rings. The van der Waals surface area contributed by atoms with E-state index >= 15 is 0 Å². The van der Waals surface area contributed by atoms with Gasteiger partial charge in [0, 0.05) is 19.1 Å². The van der Waals surface area contributed by atoms with Gasteiger partial charge in [0.25, 0.3) is 0 Å². The van der Waals surface area contributed by atoms with Crippen LogP contribution >= 0.6 is 0 Å². The molecule has 0 aromatic heterocycles. The van der Waals surface area contributed by atoms with E-state index in [-0.39, 0.29) is 11.7 Å². The van der Waals surface area contributed by atoms with Gasteiger partial charge in [0.15, 0.2) is 0 Å². The van der Waals surface area contributed by atoms with Gasteiger partial charge < -0.3 is 10.6 Å². The Bertz CT molecular complexity index is 446. The molecule has 0 aromatic carbocycles. The van der Waals surface area contributed by atoms with Crippen molar-refractivity contribution in [3.8, 4) is 0 Å². The zero-order valence-electron chi connectivity index (χ0n) is 12.8. The number of rotatable bonds is 6. The highest BCUT2D eigenvalue weighted by Crippen LogP contribution is 2.21. The fraction of sp³-hybridized carbons (Fsp3) is 0.929. The predicted molar refractivity (Wildman–Crippen MR) is 82.5 cm³/mol. The molecule has 2 rings (SSSR count). The lowest BCUT2D eigenvalue weighted by molar-refractivity contribution is -0.125. The summed E-state index contributed by atoms with van der Waals surface area (Å²) in [6, 6.07) is -0.185. The normalized spacial score (nSPS) is 27.7. The topological polar surface area (TPSA) is 78.5 Å². The summed E-state index contributed by atoms with van der Waals surface area (Å²) in [6.07, 6.45) is 5.19. The average Bonchev–Trinajstić information content (AvgIpc) is 2.98. The maximum Gasteiger partial charge on any atom is 0.238 e. The van der Waals surface area contributed by atoms with Gasteiger partial charge >= 0.3 is 0 Å². The molecule has 2 aliphatic rings. The van der Waals surface area contributed by atoms with Crippen LogP contribution in [0.5, 0.6) is 0 Å². The third kappa shape index (κ3) is 4.40. The van der Waals surface area contributed by atoms with E-state index in [0.717, 1.165) is 32.2 Å². The number of carbonyl (C=O) groups is 1. The summed E-state index contributed by atoms with van der Waals surface area (Å²) in [4.78, 5) is 12.4. The summed E-state index contributed by atoms with van der Waals surface area (Å²) in [5, 5.41) is 6.26. The monoisotopic (exact) mass is 317 g/mol. The minimum atomic E-state index is -3.31. The summed E-state index contributed by atoms with van der Waals surface area (Å²) >= 11 is 0. The van der Waals surface area contributed by atoms with Gasteiger partial charge in [0.1, 0.15) is 6.04 Å². The van der Waals surface area contributed by atoms with E-state index in [9.17, 15) is 13.2 Å². The largest absolute Gasteiger partial charge is 0.353 e. The maximum absolute atomic E-state index is 12.4. The highest BCUT2D eigenvalue weighted by Gasteiger charge is 2.36. The lowest BCUT2D eigenvalue weighted by Crippen LogP contribution is -2.53. The van der Waals surface area contributed by atoms with Crippen LogP contribution in [0.25, 0.3) is 0 Å². The molecule has 2 atom stereocenters. The first kappa shape index (κ1) is 16.7.